The minimum atomic E-state index is -0.116. The van der Waals surface area contributed by atoms with Crippen LogP contribution < -0.4 is 51.4 Å². The fourth-order valence-electron chi connectivity index (χ4n) is 0.291. The van der Waals surface area contributed by atoms with Crippen LogP contribution in [0.25, 0.3) is 5.43 Å². The largest absolute Gasteiger partial charge is 1.00 e. The summed E-state index contributed by atoms with van der Waals surface area (Å²) < 4.78 is 0. The van der Waals surface area contributed by atoms with Crippen molar-refractivity contribution in [2.45, 2.75) is 52.6 Å². The molecule has 0 fully saturated rings. The summed E-state index contributed by atoms with van der Waals surface area (Å²) in [5.41, 5.74) is 3.77. The van der Waals surface area contributed by atoms with Gasteiger partial charge in [-0.3, -0.25) is 5.22 Å². The summed E-state index contributed by atoms with van der Waals surface area (Å²) in [6.45, 7) is 12.0. The van der Waals surface area contributed by atoms with E-state index in [1.54, 1.807) is 0 Å². The molecule has 0 radical (unpaired) electrons. The molecule has 0 rings (SSSR count). The zero-order valence-electron chi connectivity index (χ0n) is 9.34. The molecular formula is C8H18KN3. The summed E-state index contributed by atoms with van der Waals surface area (Å²) in [7, 11) is 0. The van der Waals surface area contributed by atoms with Crippen LogP contribution in [0.4, 0.5) is 0 Å². The second-order valence-corrected chi connectivity index (χ2v) is 4.63. The minimum absolute atomic E-state index is 0. The van der Waals surface area contributed by atoms with Gasteiger partial charge < -0.3 is 10.5 Å². The van der Waals surface area contributed by atoms with Crippen molar-refractivity contribution in [2.24, 2.45) is 10.3 Å². The Kier molecular flexibility index (Phi) is 7.37. The van der Waals surface area contributed by atoms with Crippen molar-refractivity contribution in [3.63, 3.8) is 0 Å². The molecule has 0 aliphatic rings. The van der Waals surface area contributed by atoms with E-state index in [4.69, 9.17) is 0 Å². The maximum Gasteiger partial charge on any atom is 1.00 e. The third-order valence-electron chi connectivity index (χ3n) is 0.689. The van der Waals surface area contributed by atoms with Gasteiger partial charge in [-0.15, -0.1) is 0 Å². The fourth-order valence-corrected chi connectivity index (χ4v) is 0.291. The molecule has 0 aliphatic heterocycles. The molecule has 0 unspecified atom stereocenters. The topological polar surface area (TPSA) is 38.8 Å². The van der Waals surface area contributed by atoms with Gasteiger partial charge in [-0.2, -0.15) is 0 Å². The van der Waals surface area contributed by atoms with Gasteiger partial charge in [-0.05, 0) is 11.1 Å². The SMILES string of the molecule is CC(C)(C)N=N[N-]C(C)(C)C.[K+]. The van der Waals surface area contributed by atoms with E-state index in [0.717, 1.165) is 0 Å². The molecule has 0 saturated heterocycles. The second-order valence-electron chi connectivity index (χ2n) is 4.63. The zero-order chi connectivity index (χ0) is 9.12. The Morgan fingerprint density at radius 3 is 1.58 bits per heavy atom. The first-order valence-electron chi connectivity index (χ1n) is 3.85. The molecule has 0 spiro atoms. The van der Waals surface area contributed by atoms with Crippen LogP contribution in [0.15, 0.2) is 10.3 Å². The van der Waals surface area contributed by atoms with Crippen LogP contribution >= 0.6 is 0 Å². The van der Waals surface area contributed by atoms with Crippen molar-refractivity contribution in [3.8, 4) is 0 Å². The summed E-state index contributed by atoms with van der Waals surface area (Å²) in [6.07, 6.45) is 0. The summed E-state index contributed by atoms with van der Waals surface area (Å²) in [6, 6.07) is 0. The standard InChI is InChI=1S/C8H18N3.K/c1-7(2,3)9-11-10-8(4,5)6;/h1-6H3;/q-1;+1. The van der Waals surface area contributed by atoms with Crippen LogP contribution in [0.5, 0.6) is 0 Å². The third kappa shape index (κ3) is 13.6. The van der Waals surface area contributed by atoms with E-state index in [2.05, 4.69) is 15.8 Å². The van der Waals surface area contributed by atoms with E-state index < -0.39 is 0 Å². The molecule has 0 amide bonds. The molecule has 12 heavy (non-hydrogen) atoms. The Bertz CT molecular complexity index is 141. The van der Waals surface area contributed by atoms with Crippen LogP contribution in [0.1, 0.15) is 41.5 Å². The van der Waals surface area contributed by atoms with Crippen LogP contribution in [0.3, 0.4) is 0 Å². The molecule has 0 aliphatic carbocycles. The first-order valence-corrected chi connectivity index (χ1v) is 3.85. The molecule has 0 aromatic carbocycles. The Balaban J connectivity index is 0. The molecular weight excluding hydrogens is 177 g/mol. The first-order chi connectivity index (χ1) is 4.71. The van der Waals surface area contributed by atoms with E-state index in [-0.39, 0.29) is 62.5 Å². The van der Waals surface area contributed by atoms with Crippen LogP contribution in [0.2, 0.25) is 0 Å². The maximum atomic E-state index is 4.00. The van der Waals surface area contributed by atoms with Crippen LogP contribution in [-0.2, 0) is 0 Å². The minimum Gasteiger partial charge on any atom is -0.376 e. The molecule has 4 heteroatoms. The van der Waals surface area contributed by atoms with E-state index >= 15 is 0 Å². The van der Waals surface area contributed by atoms with Gasteiger partial charge in [0.15, 0.2) is 0 Å². The van der Waals surface area contributed by atoms with E-state index in [0.29, 0.717) is 0 Å². The molecule has 0 aromatic rings. The average molecular weight is 195 g/mol. The van der Waals surface area contributed by atoms with Gasteiger partial charge in [0.25, 0.3) is 0 Å². The van der Waals surface area contributed by atoms with Gasteiger partial charge in [0, 0.05) is 0 Å². The zero-order valence-corrected chi connectivity index (χ0v) is 12.5. The summed E-state index contributed by atoms with van der Waals surface area (Å²) in [4.78, 5) is 0. The summed E-state index contributed by atoms with van der Waals surface area (Å²) >= 11 is 0. The van der Waals surface area contributed by atoms with Crippen molar-refractivity contribution in [1.82, 2.24) is 0 Å². The van der Waals surface area contributed by atoms with Crippen molar-refractivity contribution in [3.05, 3.63) is 5.43 Å². The van der Waals surface area contributed by atoms with Gasteiger partial charge in [-0.25, -0.2) is 0 Å². The summed E-state index contributed by atoms with van der Waals surface area (Å²) in [5, 5.41) is 7.76. The molecule has 0 heterocycles. The number of hydrogen-bond donors (Lipinski definition) is 0. The van der Waals surface area contributed by atoms with Crippen LogP contribution in [-0.4, -0.2) is 11.1 Å². The quantitative estimate of drug-likeness (QED) is 0.329. The smallest absolute Gasteiger partial charge is 0.376 e. The van der Waals surface area contributed by atoms with Gasteiger partial charge in [0.1, 0.15) is 0 Å². The van der Waals surface area contributed by atoms with Crippen LogP contribution in [0, 0.1) is 0 Å². The fraction of sp³-hybridized carbons (Fsp3) is 1.00. The third-order valence-corrected chi connectivity index (χ3v) is 0.689. The van der Waals surface area contributed by atoms with E-state index in [1.165, 1.54) is 0 Å². The maximum absolute atomic E-state index is 4.00. The summed E-state index contributed by atoms with van der Waals surface area (Å²) in [5.74, 6) is 0. The predicted octanol–water partition coefficient (Wildman–Crippen LogP) is 0.328. The molecule has 0 bridgehead atoms. The number of rotatable bonds is 1. The van der Waals surface area contributed by atoms with Crippen molar-refractivity contribution < 1.29 is 51.4 Å². The number of nitrogens with zero attached hydrogens (tertiary/aromatic N) is 3. The molecule has 0 saturated carbocycles. The molecule has 3 nitrogen and oxygen atoms in total. The van der Waals surface area contributed by atoms with E-state index in [1.807, 2.05) is 41.5 Å². The van der Waals surface area contributed by atoms with E-state index in [9.17, 15) is 0 Å². The van der Waals surface area contributed by atoms with Gasteiger partial charge >= 0.3 is 51.4 Å². The molecule has 0 atom stereocenters. The van der Waals surface area contributed by atoms with Crippen molar-refractivity contribution in [1.29, 1.82) is 0 Å². The Hall–Kier alpha value is 1.04. The van der Waals surface area contributed by atoms with Gasteiger partial charge in [0.05, 0.1) is 0 Å². The average Bonchev–Trinajstić information content (AvgIpc) is 1.55. The van der Waals surface area contributed by atoms with Crippen molar-refractivity contribution >= 4 is 0 Å². The predicted molar refractivity (Wildman–Crippen MR) is 47.7 cm³/mol. The Morgan fingerprint density at radius 1 is 0.917 bits per heavy atom. The number of hydrogen-bond acceptors (Lipinski definition) is 2. The van der Waals surface area contributed by atoms with Crippen molar-refractivity contribution in [2.75, 3.05) is 0 Å². The van der Waals surface area contributed by atoms with Gasteiger partial charge in [0.2, 0.25) is 0 Å². The second kappa shape index (κ2) is 5.70. The first kappa shape index (κ1) is 15.5. The monoisotopic (exact) mass is 195 g/mol. The molecule has 0 aromatic heterocycles. The molecule has 66 valence electrons. The molecule has 0 N–H and O–H groups in total. The van der Waals surface area contributed by atoms with Gasteiger partial charge in [-0.1, -0.05) is 41.5 Å². The Morgan fingerprint density at radius 2 is 1.33 bits per heavy atom. The normalized spacial score (nSPS) is 12.8. The Labute approximate surface area is 118 Å².